The van der Waals surface area contributed by atoms with E-state index in [1.54, 1.807) is 12.3 Å². The predicted octanol–water partition coefficient (Wildman–Crippen LogP) is 3.27. The van der Waals surface area contributed by atoms with Crippen molar-refractivity contribution >= 4 is 5.95 Å². The van der Waals surface area contributed by atoms with Crippen LogP contribution in [0.15, 0.2) is 42.6 Å². The van der Waals surface area contributed by atoms with E-state index in [1.165, 1.54) is 5.56 Å². The Morgan fingerprint density at radius 1 is 1.15 bits per heavy atom. The van der Waals surface area contributed by atoms with Gasteiger partial charge < -0.3 is 10.1 Å². The first-order valence-electron chi connectivity index (χ1n) is 6.87. The van der Waals surface area contributed by atoms with Gasteiger partial charge in [0.05, 0.1) is 6.61 Å². The molecular formula is C16H21N3O. The van der Waals surface area contributed by atoms with Crippen LogP contribution in [0.2, 0.25) is 0 Å². The monoisotopic (exact) mass is 271 g/mol. The number of rotatable bonds is 6. The molecule has 0 amide bonds. The molecule has 0 bridgehead atoms. The zero-order valence-corrected chi connectivity index (χ0v) is 12.3. The highest BCUT2D eigenvalue weighted by Gasteiger charge is 2.20. The van der Waals surface area contributed by atoms with Crippen LogP contribution in [0.5, 0.6) is 5.88 Å². The van der Waals surface area contributed by atoms with Crippen molar-refractivity contribution in [3.05, 3.63) is 48.2 Å². The number of aromatic nitrogens is 2. The molecule has 0 saturated carbocycles. The fourth-order valence-corrected chi connectivity index (χ4v) is 1.95. The van der Waals surface area contributed by atoms with Crippen LogP contribution in [0.25, 0.3) is 0 Å². The molecule has 1 aromatic carbocycles. The maximum Gasteiger partial charge on any atom is 0.225 e. The lowest BCUT2D eigenvalue weighted by Crippen LogP contribution is -2.28. The normalized spacial score (nSPS) is 11.2. The summed E-state index contributed by atoms with van der Waals surface area (Å²) in [5, 5.41) is 3.28. The van der Waals surface area contributed by atoms with E-state index < -0.39 is 0 Å². The molecule has 1 heterocycles. The predicted molar refractivity (Wildman–Crippen MR) is 81.2 cm³/mol. The minimum Gasteiger partial charge on any atom is -0.478 e. The average Bonchev–Trinajstić information content (AvgIpc) is 2.47. The molecule has 106 valence electrons. The summed E-state index contributed by atoms with van der Waals surface area (Å²) in [6, 6.07) is 12.2. The van der Waals surface area contributed by atoms with Gasteiger partial charge in [-0.05, 0) is 12.5 Å². The molecule has 1 N–H and O–H groups in total. The Kier molecular flexibility index (Phi) is 4.56. The first kappa shape index (κ1) is 14.3. The Labute approximate surface area is 120 Å². The van der Waals surface area contributed by atoms with E-state index in [1.807, 2.05) is 13.0 Å². The number of anilines is 1. The Morgan fingerprint density at radius 3 is 2.60 bits per heavy atom. The number of hydrogen-bond donors (Lipinski definition) is 1. The SMILES string of the molecule is CCOc1ccnc(NCC(C)(C)c2ccccc2)n1. The van der Waals surface area contributed by atoms with Crippen LogP contribution in [-0.2, 0) is 5.41 Å². The van der Waals surface area contributed by atoms with Crippen molar-refractivity contribution < 1.29 is 4.74 Å². The van der Waals surface area contributed by atoms with Crippen molar-refractivity contribution in [1.82, 2.24) is 9.97 Å². The summed E-state index contributed by atoms with van der Waals surface area (Å²) in [7, 11) is 0. The minimum atomic E-state index is 0.00619. The molecule has 0 radical (unpaired) electrons. The minimum absolute atomic E-state index is 0.00619. The highest BCUT2D eigenvalue weighted by molar-refractivity contribution is 5.31. The van der Waals surface area contributed by atoms with Crippen molar-refractivity contribution in [3.63, 3.8) is 0 Å². The Balaban J connectivity index is 2.02. The summed E-state index contributed by atoms with van der Waals surface area (Å²) in [5.74, 6) is 1.20. The number of hydrogen-bond acceptors (Lipinski definition) is 4. The largest absolute Gasteiger partial charge is 0.478 e. The molecule has 0 aliphatic carbocycles. The van der Waals surface area contributed by atoms with Crippen molar-refractivity contribution in [2.75, 3.05) is 18.5 Å². The lowest BCUT2D eigenvalue weighted by molar-refractivity contribution is 0.326. The van der Waals surface area contributed by atoms with Gasteiger partial charge in [0.25, 0.3) is 0 Å². The zero-order chi connectivity index (χ0) is 14.4. The van der Waals surface area contributed by atoms with Crippen LogP contribution in [0.1, 0.15) is 26.3 Å². The van der Waals surface area contributed by atoms with Gasteiger partial charge in [-0.3, -0.25) is 0 Å². The third kappa shape index (κ3) is 3.70. The maximum absolute atomic E-state index is 5.37. The second-order valence-electron chi connectivity index (χ2n) is 5.25. The summed E-state index contributed by atoms with van der Waals surface area (Å²) in [6.45, 7) is 7.69. The summed E-state index contributed by atoms with van der Waals surface area (Å²) in [6.07, 6.45) is 1.70. The summed E-state index contributed by atoms with van der Waals surface area (Å²) in [5.41, 5.74) is 1.29. The molecular weight excluding hydrogens is 250 g/mol. The van der Waals surface area contributed by atoms with Gasteiger partial charge in [-0.25, -0.2) is 4.98 Å². The van der Waals surface area contributed by atoms with Crippen molar-refractivity contribution in [2.45, 2.75) is 26.2 Å². The van der Waals surface area contributed by atoms with Crippen LogP contribution >= 0.6 is 0 Å². The van der Waals surface area contributed by atoms with E-state index >= 15 is 0 Å². The summed E-state index contributed by atoms with van der Waals surface area (Å²) >= 11 is 0. The highest BCUT2D eigenvalue weighted by atomic mass is 16.5. The molecule has 2 rings (SSSR count). The Bertz CT molecular complexity index is 540. The lowest BCUT2D eigenvalue weighted by atomic mass is 9.85. The molecule has 0 spiro atoms. The first-order chi connectivity index (χ1) is 9.62. The smallest absolute Gasteiger partial charge is 0.225 e. The number of ether oxygens (including phenoxy) is 1. The van der Waals surface area contributed by atoms with E-state index in [0.717, 1.165) is 6.54 Å². The Hall–Kier alpha value is -2.10. The van der Waals surface area contributed by atoms with Gasteiger partial charge in [-0.1, -0.05) is 44.2 Å². The van der Waals surface area contributed by atoms with E-state index in [2.05, 4.69) is 53.4 Å². The standard InChI is InChI=1S/C16H21N3O/c1-4-20-14-10-11-17-15(19-14)18-12-16(2,3)13-8-6-5-7-9-13/h5-11H,4,12H2,1-3H3,(H,17,18,19). The molecule has 0 atom stereocenters. The fraction of sp³-hybridized carbons (Fsp3) is 0.375. The topological polar surface area (TPSA) is 47.0 Å². The first-order valence-corrected chi connectivity index (χ1v) is 6.87. The average molecular weight is 271 g/mol. The molecule has 0 unspecified atom stereocenters. The van der Waals surface area contributed by atoms with Crippen LogP contribution in [0.3, 0.4) is 0 Å². The van der Waals surface area contributed by atoms with Crippen LogP contribution in [0.4, 0.5) is 5.95 Å². The van der Waals surface area contributed by atoms with E-state index in [0.29, 0.717) is 18.4 Å². The number of nitrogens with one attached hydrogen (secondary N) is 1. The molecule has 1 aromatic heterocycles. The number of benzene rings is 1. The van der Waals surface area contributed by atoms with Crippen molar-refractivity contribution in [1.29, 1.82) is 0 Å². The lowest BCUT2D eigenvalue weighted by Gasteiger charge is -2.25. The van der Waals surface area contributed by atoms with Crippen LogP contribution < -0.4 is 10.1 Å². The van der Waals surface area contributed by atoms with Crippen LogP contribution in [-0.4, -0.2) is 23.1 Å². The fourth-order valence-electron chi connectivity index (χ4n) is 1.95. The quantitative estimate of drug-likeness (QED) is 0.876. The van der Waals surface area contributed by atoms with E-state index in [9.17, 15) is 0 Å². The summed E-state index contributed by atoms with van der Waals surface area (Å²) < 4.78 is 5.37. The molecule has 0 fully saturated rings. The highest BCUT2D eigenvalue weighted by Crippen LogP contribution is 2.23. The molecule has 4 nitrogen and oxygen atoms in total. The zero-order valence-electron chi connectivity index (χ0n) is 12.3. The molecule has 0 saturated heterocycles. The Morgan fingerprint density at radius 2 is 1.90 bits per heavy atom. The van der Waals surface area contributed by atoms with Crippen molar-refractivity contribution in [3.8, 4) is 5.88 Å². The van der Waals surface area contributed by atoms with Gasteiger partial charge >= 0.3 is 0 Å². The van der Waals surface area contributed by atoms with Gasteiger partial charge in [0.1, 0.15) is 0 Å². The molecule has 0 aliphatic rings. The molecule has 2 aromatic rings. The van der Waals surface area contributed by atoms with Crippen molar-refractivity contribution in [2.24, 2.45) is 0 Å². The summed E-state index contributed by atoms with van der Waals surface area (Å²) in [4.78, 5) is 8.53. The maximum atomic E-state index is 5.37. The second-order valence-corrected chi connectivity index (χ2v) is 5.25. The third-order valence-electron chi connectivity index (χ3n) is 3.17. The molecule has 20 heavy (non-hydrogen) atoms. The van der Waals surface area contributed by atoms with E-state index in [4.69, 9.17) is 4.74 Å². The van der Waals surface area contributed by atoms with Gasteiger partial charge in [0.15, 0.2) is 0 Å². The third-order valence-corrected chi connectivity index (χ3v) is 3.17. The van der Waals surface area contributed by atoms with Gasteiger partial charge in [-0.15, -0.1) is 0 Å². The molecule has 0 aliphatic heterocycles. The second kappa shape index (κ2) is 6.37. The van der Waals surface area contributed by atoms with Gasteiger partial charge in [-0.2, -0.15) is 4.98 Å². The van der Waals surface area contributed by atoms with E-state index in [-0.39, 0.29) is 5.41 Å². The van der Waals surface area contributed by atoms with Gasteiger partial charge in [0.2, 0.25) is 11.8 Å². The van der Waals surface area contributed by atoms with Crippen LogP contribution in [0, 0.1) is 0 Å². The number of nitrogens with zero attached hydrogens (tertiary/aromatic N) is 2. The molecule has 4 heteroatoms. The van der Waals surface area contributed by atoms with Gasteiger partial charge in [0, 0.05) is 24.2 Å².